The number of hydrogen-bond donors (Lipinski definition) is 0. The highest BCUT2D eigenvalue weighted by molar-refractivity contribution is 5.76. The van der Waals surface area contributed by atoms with E-state index >= 15 is 0 Å². The van der Waals surface area contributed by atoms with Crippen molar-refractivity contribution in [2.75, 3.05) is 13.7 Å². The summed E-state index contributed by atoms with van der Waals surface area (Å²) >= 11 is 0. The summed E-state index contributed by atoms with van der Waals surface area (Å²) in [6, 6.07) is 17.3. The molecule has 0 radical (unpaired) electrons. The molecule has 0 bridgehead atoms. The lowest BCUT2D eigenvalue weighted by Crippen LogP contribution is -2.30. The fourth-order valence-corrected chi connectivity index (χ4v) is 3.32. The SMILES string of the molecule is CCCN(Cc1c(C)nn(-c2ccccc2)c1Oc1cccc(OC)c1)C(=O)CC. The van der Waals surface area contributed by atoms with Crippen molar-refractivity contribution in [1.82, 2.24) is 14.7 Å². The molecule has 0 aliphatic rings. The maximum absolute atomic E-state index is 12.5. The van der Waals surface area contributed by atoms with Gasteiger partial charge in [-0.05, 0) is 37.6 Å². The zero-order chi connectivity index (χ0) is 21.5. The van der Waals surface area contributed by atoms with Gasteiger partial charge in [0.1, 0.15) is 11.5 Å². The molecule has 1 amide bonds. The van der Waals surface area contributed by atoms with Crippen molar-refractivity contribution in [1.29, 1.82) is 0 Å². The van der Waals surface area contributed by atoms with Gasteiger partial charge in [-0.3, -0.25) is 4.79 Å². The Bertz CT molecular complexity index is 983. The lowest BCUT2D eigenvalue weighted by molar-refractivity contribution is -0.131. The van der Waals surface area contributed by atoms with E-state index in [0.717, 1.165) is 23.4 Å². The van der Waals surface area contributed by atoms with Crippen LogP contribution in [0.2, 0.25) is 0 Å². The number of benzene rings is 2. The van der Waals surface area contributed by atoms with Gasteiger partial charge >= 0.3 is 0 Å². The number of amides is 1. The number of carbonyl (C=O) groups is 1. The van der Waals surface area contributed by atoms with Crippen LogP contribution in [0.25, 0.3) is 5.69 Å². The summed E-state index contributed by atoms with van der Waals surface area (Å²) in [7, 11) is 1.63. The van der Waals surface area contributed by atoms with Gasteiger partial charge in [-0.15, -0.1) is 0 Å². The van der Waals surface area contributed by atoms with Crippen LogP contribution in [-0.2, 0) is 11.3 Å². The molecule has 0 unspecified atom stereocenters. The maximum atomic E-state index is 12.5. The van der Waals surface area contributed by atoms with Crippen LogP contribution >= 0.6 is 0 Å². The van der Waals surface area contributed by atoms with E-state index in [-0.39, 0.29) is 5.91 Å². The Morgan fingerprint density at radius 3 is 2.47 bits per heavy atom. The molecule has 158 valence electrons. The number of para-hydroxylation sites is 1. The van der Waals surface area contributed by atoms with Gasteiger partial charge in [-0.25, -0.2) is 4.68 Å². The monoisotopic (exact) mass is 407 g/mol. The largest absolute Gasteiger partial charge is 0.497 e. The van der Waals surface area contributed by atoms with Crippen molar-refractivity contribution in [3.8, 4) is 23.1 Å². The molecule has 1 heterocycles. The average Bonchev–Trinajstić information content (AvgIpc) is 3.08. The quantitative estimate of drug-likeness (QED) is 0.493. The van der Waals surface area contributed by atoms with E-state index in [4.69, 9.17) is 14.6 Å². The van der Waals surface area contributed by atoms with Gasteiger partial charge in [0.25, 0.3) is 0 Å². The van der Waals surface area contributed by atoms with E-state index < -0.39 is 0 Å². The summed E-state index contributed by atoms with van der Waals surface area (Å²) in [5.74, 6) is 2.09. The van der Waals surface area contributed by atoms with E-state index in [2.05, 4.69) is 6.92 Å². The molecular weight excluding hydrogens is 378 g/mol. The number of aryl methyl sites for hydroxylation is 1. The van der Waals surface area contributed by atoms with Crippen LogP contribution in [0.3, 0.4) is 0 Å². The predicted molar refractivity (Wildman–Crippen MR) is 117 cm³/mol. The van der Waals surface area contributed by atoms with Gasteiger partial charge in [0, 0.05) is 19.0 Å². The van der Waals surface area contributed by atoms with Crippen LogP contribution in [0.5, 0.6) is 17.4 Å². The minimum atomic E-state index is 0.121. The maximum Gasteiger partial charge on any atom is 0.227 e. The zero-order valence-electron chi connectivity index (χ0n) is 18.1. The Kier molecular flexibility index (Phi) is 7.12. The second-order valence-electron chi connectivity index (χ2n) is 7.07. The van der Waals surface area contributed by atoms with Crippen LogP contribution in [0.4, 0.5) is 0 Å². The predicted octanol–water partition coefficient (Wildman–Crippen LogP) is 5.13. The molecule has 1 aromatic heterocycles. The summed E-state index contributed by atoms with van der Waals surface area (Å²) in [5, 5.41) is 4.74. The van der Waals surface area contributed by atoms with E-state index in [1.165, 1.54) is 0 Å². The lowest BCUT2D eigenvalue weighted by atomic mass is 10.2. The van der Waals surface area contributed by atoms with Gasteiger partial charge in [-0.2, -0.15) is 5.10 Å². The third kappa shape index (κ3) is 4.82. The summed E-state index contributed by atoms with van der Waals surface area (Å²) in [6.45, 7) is 7.07. The van der Waals surface area contributed by atoms with Crippen LogP contribution in [0.1, 0.15) is 37.9 Å². The molecule has 6 heteroatoms. The van der Waals surface area contributed by atoms with Crippen molar-refractivity contribution in [2.24, 2.45) is 0 Å². The highest BCUT2D eigenvalue weighted by Gasteiger charge is 2.23. The number of methoxy groups -OCH3 is 1. The van der Waals surface area contributed by atoms with E-state index in [0.29, 0.717) is 36.9 Å². The Balaban J connectivity index is 2.06. The van der Waals surface area contributed by atoms with Crippen LogP contribution in [0, 0.1) is 6.92 Å². The van der Waals surface area contributed by atoms with Crippen molar-refractivity contribution >= 4 is 5.91 Å². The van der Waals surface area contributed by atoms with Crippen LogP contribution in [0.15, 0.2) is 54.6 Å². The minimum absolute atomic E-state index is 0.121. The van der Waals surface area contributed by atoms with Gasteiger partial charge < -0.3 is 14.4 Å². The van der Waals surface area contributed by atoms with Gasteiger partial charge in [-0.1, -0.05) is 38.1 Å². The summed E-state index contributed by atoms with van der Waals surface area (Å²) < 4.78 is 13.5. The zero-order valence-corrected chi connectivity index (χ0v) is 18.1. The Morgan fingerprint density at radius 1 is 1.07 bits per heavy atom. The number of rotatable bonds is 9. The van der Waals surface area contributed by atoms with Crippen molar-refractivity contribution in [2.45, 2.75) is 40.2 Å². The average molecular weight is 408 g/mol. The molecule has 0 atom stereocenters. The number of nitrogens with zero attached hydrogens (tertiary/aromatic N) is 3. The van der Waals surface area contributed by atoms with Crippen molar-refractivity contribution < 1.29 is 14.3 Å². The first-order valence-electron chi connectivity index (χ1n) is 10.3. The van der Waals surface area contributed by atoms with Gasteiger partial charge in [0.05, 0.1) is 30.6 Å². The summed E-state index contributed by atoms with van der Waals surface area (Å²) in [6.07, 6.45) is 1.36. The lowest BCUT2D eigenvalue weighted by Gasteiger charge is -2.22. The van der Waals surface area contributed by atoms with Crippen molar-refractivity contribution in [3.63, 3.8) is 0 Å². The molecule has 0 aliphatic carbocycles. The first-order chi connectivity index (χ1) is 14.6. The molecule has 30 heavy (non-hydrogen) atoms. The molecule has 0 aliphatic heterocycles. The van der Waals surface area contributed by atoms with E-state index in [1.807, 2.05) is 73.3 Å². The smallest absolute Gasteiger partial charge is 0.227 e. The minimum Gasteiger partial charge on any atom is -0.497 e. The normalized spacial score (nSPS) is 10.7. The number of hydrogen-bond acceptors (Lipinski definition) is 4. The highest BCUT2D eigenvalue weighted by Crippen LogP contribution is 2.33. The van der Waals surface area contributed by atoms with Crippen LogP contribution < -0.4 is 9.47 Å². The fourth-order valence-electron chi connectivity index (χ4n) is 3.32. The molecule has 6 nitrogen and oxygen atoms in total. The summed E-state index contributed by atoms with van der Waals surface area (Å²) in [5.41, 5.74) is 2.63. The number of aromatic nitrogens is 2. The highest BCUT2D eigenvalue weighted by atomic mass is 16.5. The molecule has 0 saturated heterocycles. The molecule has 0 fully saturated rings. The Labute approximate surface area is 178 Å². The second kappa shape index (κ2) is 9.96. The second-order valence-corrected chi connectivity index (χ2v) is 7.07. The Hall–Kier alpha value is -3.28. The Morgan fingerprint density at radius 2 is 1.80 bits per heavy atom. The molecule has 0 N–H and O–H groups in total. The van der Waals surface area contributed by atoms with Crippen LogP contribution in [-0.4, -0.2) is 34.2 Å². The number of ether oxygens (including phenoxy) is 2. The van der Waals surface area contributed by atoms with Crippen molar-refractivity contribution in [3.05, 3.63) is 65.9 Å². The molecular formula is C24H29N3O3. The van der Waals surface area contributed by atoms with Gasteiger partial charge in [0.15, 0.2) is 0 Å². The summed E-state index contributed by atoms with van der Waals surface area (Å²) in [4.78, 5) is 14.4. The first kappa shape index (κ1) is 21.4. The molecule has 0 spiro atoms. The molecule has 3 rings (SSSR count). The van der Waals surface area contributed by atoms with E-state index in [1.54, 1.807) is 11.8 Å². The third-order valence-electron chi connectivity index (χ3n) is 4.89. The first-order valence-corrected chi connectivity index (χ1v) is 10.3. The standard InChI is InChI=1S/C24H29N3O3/c1-5-15-26(23(28)6-2)17-22-18(3)25-27(19-11-8-7-9-12-19)24(22)30-21-14-10-13-20(16-21)29-4/h7-14,16H,5-6,15,17H2,1-4H3. The molecule has 3 aromatic rings. The molecule has 2 aromatic carbocycles. The molecule has 0 saturated carbocycles. The number of carbonyl (C=O) groups excluding carboxylic acids is 1. The third-order valence-corrected chi connectivity index (χ3v) is 4.89. The fraction of sp³-hybridized carbons (Fsp3) is 0.333. The topological polar surface area (TPSA) is 56.6 Å². The van der Waals surface area contributed by atoms with Gasteiger partial charge in [0.2, 0.25) is 11.8 Å². The van der Waals surface area contributed by atoms with E-state index in [9.17, 15) is 4.79 Å².